The van der Waals surface area contributed by atoms with Crippen LogP contribution in [0, 0.1) is 13.8 Å². The van der Waals surface area contributed by atoms with Crippen LogP contribution < -0.4 is 5.73 Å². The monoisotopic (exact) mass is 211 g/mol. The second-order valence-corrected chi connectivity index (χ2v) is 4.49. The average molecular weight is 211 g/mol. The normalized spacial score (nSPS) is 27.8. The Morgan fingerprint density at radius 2 is 1.93 bits per heavy atom. The number of hydrogen-bond acceptors (Lipinski definition) is 1. The maximum absolute atomic E-state index is 13.4. The highest BCUT2D eigenvalue weighted by Crippen LogP contribution is 2.61. The minimum absolute atomic E-state index is 0.0181. The predicted octanol–water partition coefficient (Wildman–Crippen LogP) is 2.54. The van der Waals surface area contributed by atoms with Gasteiger partial charge in [0.25, 0.3) is 5.92 Å². The van der Waals surface area contributed by atoms with Crippen LogP contribution >= 0.6 is 0 Å². The van der Waals surface area contributed by atoms with Crippen molar-refractivity contribution >= 4 is 0 Å². The fourth-order valence-electron chi connectivity index (χ4n) is 2.21. The highest BCUT2D eigenvalue weighted by molar-refractivity contribution is 5.45. The van der Waals surface area contributed by atoms with Gasteiger partial charge in [-0.2, -0.15) is 0 Å². The van der Waals surface area contributed by atoms with Gasteiger partial charge in [-0.3, -0.25) is 0 Å². The zero-order valence-electron chi connectivity index (χ0n) is 8.98. The Balaban J connectivity index is 2.50. The molecule has 1 atom stereocenters. The Morgan fingerprint density at radius 3 is 2.40 bits per heavy atom. The van der Waals surface area contributed by atoms with E-state index in [0.717, 1.165) is 16.7 Å². The third kappa shape index (κ3) is 1.37. The molecular formula is C12H15F2N. The molecule has 0 amide bonds. The number of nitrogens with two attached hydrogens (primary N) is 1. The second-order valence-electron chi connectivity index (χ2n) is 4.49. The summed E-state index contributed by atoms with van der Waals surface area (Å²) in [4.78, 5) is 0. The van der Waals surface area contributed by atoms with E-state index in [9.17, 15) is 8.78 Å². The van der Waals surface area contributed by atoms with Gasteiger partial charge in [0.1, 0.15) is 0 Å². The molecule has 0 saturated heterocycles. The topological polar surface area (TPSA) is 26.0 Å². The molecule has 82 valence electrons. The Bertz CT molecular complexity index is 401. The molecule has 1 unspecified atom stereocenters. The first-order valence-corrected chi connectivity index (χ1v) is 5.08. The molecule has 2 N–H and O–H groups in total. The maximum Gasteiger partial charge on any atom is 0.260 e. The molecule has 3 heteroatoms. The van der Waals surface area contributed by atoms with Gasteiger partial charge >= 0.3 is 0 Å². The van der Waals surface area contributed by atoms with Gasteiger partial charge < -0.3 is 5.73 Å². The zero-order valence-corrected chi connectivity index (χ0v) is 8.98. The van der Waals surface area contributed by atoms with E-state index in [1.54, 1.807) is 0 Å². The smallest absolute Gasteiger partial charge is 0.260 e. The van der Waals surface area contributed by atoms with Crippen LogP contribution in [0.3, 0.4) is 0 Å². The molecule has 1 fully saturated rings. The van der Waals surface area contributed by atoms with Gasteiger partial charge in [0, 0.05) is 13.0 Å². The van der Waals surface area contributed by atoms with Crippen LogP contribution in [-0.4, -0.2) is 12.5 Å². The van der Waals surface area contributed by atoms with Crippen LogP contribution in [0.15, 0.2) is 18.2 Å². The first kappa shape index (κ1) is 10.6. The van der Waals surface area contributed by atoms with Gasteiger partial charge in [-0.05, 0) is 25.0 Å². The third-order valence-corrected chi connectivity index (χ3v) is 3.36. The molecule has 1 saturated carbocycles. The van der Waals surface area contributed by atoms with Crippen LogP contribution in [0.2, 0.25) is 0 Å². The molecule has 1 nitrogen and oxygen atoms in total. The Labute approximate surface area is 88.3 Å². The summed E-state index contributed by atoms with van der Waals surface area (Å²) in [7, 11) is 0. The highest BCUT2D eigenvalue weighted by Gasteiger charge is 2.71. The van der Waals surface area contributed by atoms with Crippen LogP contribution in [0.1, 0.15) is 23.1 Å². The van der Waals surface area contributed by atoms with E-state index in [1.165, 1.54) is 0 Å². The summed E-state index contributed by atoms with van der Waals surface area (Å²) >= 11 is 0. The molecule has 0 bridgehead atoms. The molecule has 0 heterocycles. The quantitative estimate of drug-likeness (QED) is 0.799. The molecule has 0 aromatic heterocycles. The van der Waals surface area contributed by atoms with E-state index in [4.69, 9.17) is 5.73 Å². The number of halogens is 2. The van der Waals surface area contributed by atoms with E-state index in [-0.39, 0.29) is 13.0 Å². The third-order valence-electron chi connectivity index (χ3n) is 3.36. The van der Waals surface area contributed by atoms with Gasteiger partial charge in [-0.15, -0.1) is 0 Å². The number of rotatable bonds is 2. The largest absolute Gasteiger partial charge is 0.329 e. The highest BCUT2D eigenvalue weighted by atomic mass is 19.3. The van der Waals surface area contributed by atoms with Gasteiger partial charge in [0.15, 0.2) is 0 Å². The SMILES string of the molecule is Cc1ccc(C)c(C2(CN)CC2(F)F)c1. The standard InChI is InChI=1S/C12H15F2N/c1-8-3-4-9(2)10(5-8)11(7-15)6-12(11,13)14/h3-5H,6-7,15H2,1-2H3. The molecule has 0 aliphatic heterocycles. The number of hydrogen-bond donors (Lipinski definition) is 1. The number of benzene rings is 1. The fraction of sp³-hybridized carbons (Fsp3) is 0.500. The van der Waals surface area contributed by atoms with Crippen molar-refractivity contribution < 1.29 is 8.78 Å². The van der Waals surface area contributed by atoms with E-state index >= 15 is 0 Å². The van der Waals surface area contributed by atoms with E-state index in [0.29, 0.717) is 0 Å². The van der Waals surface area contributed by atoms with E-state index in [1.807, 2.05) is 32.0 Å². The molecule has 2 rings (SSSR count). The van der Waals surface area contributed by atoms with Gasteiger partial charge in [-0.25, -0.2) is 8.78 Å². The predicted molar refractivity (Wildman–Crippen MR) is 56.2 cm³/mol. The van der Waals surface area contributed by atoms with Crippen molar-refractivity contribution in [2.75, 3.05) is 6.54 Å². The molecule has 1 aliphatic rings. The molecular weight excluding hydrogens is 196 g/mol. The number of alkyl halides is 2. The van der Waals surface area contributed by atoms with Crippen molar-refractivity contribution in [3.05, 3.63) is 34.9 Å². The molecule has 15 heavy (non-hydrogen) atoms. The average Bonchev–Trinajstić information content (AvgIpc) is 2.74. The molecule has 1 aliphatic carbocycles. The number of aryl methyl sites for hydroxylation is 2. The van der Waals surface area contributed by atoms with Crippen molar-refractivity contribution in [2.24, 2.45) is 5.73 Å². The van der Waals surface area contributed by atoms with Gasteiger partial charge in [-0.1, -0.05) is 23.8 Å². The summed E-state index contributed by atoms with van der Waals surface area (Å²) in [6.07, 6.45) is -0.110. The minimum Gasteiger partial charge on any atom is -0.329 e. The first-order chi connectivity index (χ1) is 6.93. The molecule has 1 aromatic rings. The Hall–Kier alpha value is -0.960. The van der Waals surface area contributed by atoms with Crippen LogP contribution in [0.5, 0.6) is 0 Å². The summed E-state index contributed by atoms with van der Waals surface area (Å²) in [6, 6.07) is 5.66. The summed E-state index contributed by atoms with van der Waals surface area (Å²) in [5.74, 6) is -2.62. The van der Waals surface area contributed by atoms with Gasteiger partial charge in [0.05, 0.1) is 5.41 Å². The minimum atomic E-state index is -2.62. The molecule has 0 radical (unpaired) electrons. The van der Waals surface area contributed by atoms with Crippen molar-refractivity contribution in [1.29, 1.82) is 0 Å². The maximum atomic E-state index is 13.4. The van der Waals surface area contributed by atoms with Crippen LogP contribution in [0.4, 0.5) is 8.78 Å². The first-order valence-electron chi connectivity index (χ1n) is 5.08. The van der Waals surface area contributed by atoms with Crippen molar-refractivity contribution in [3.8, 4) is 0 Å². The van der Waals surface area contributed by atoms with Crippen LogP contribution in [0.25, 0.3) is 0 Å². The Kier molecular flexibility index (Phi) is 2.12. The van der Waals surface area contributed by atoms with E-state index in [2.05, 4.69) is 0 Å². The van der Waals surface area contributed by atoms with E-state index < -0.39 is 11.3 Å². The zero-order chi connectivity index (χ0) is 11.3. The Morgan fingerprint density at radius 1 is 1.33 bits per heavy atom. The lowest BCUT2D eigenvalue weighted by molar-refractivity contribution is 0.0894. The van der Waals surface area contributed by atoms with Gasteiger partial charge in [0.2, 0.25) is 0 Å². The lowest BCUT2D eigenvalue weighted by Gasteiger charge is -2.17. The second kappa shape index (κ2) is 3.01. The summed E-state index contributed by atoms with van der Waals surface area (Å²) in [6.45, 7) is 3.79. The molecule has 1 aromatic carbocycles. The lowest BCUT2D eigenvalue weighted by Crippen LogP contribution is -2.27. The molecule has 0 spiro atoms. The fourth-order valence-corrected chi connectivity index (χ4v) is 2.21. The lowest BCUT2D eigenvalue weighted by atomic mass is 9.90. The summed E-state index contributed by atoms with van der Waals surface area (Å²) in [5.41, 5.74) is 7.05. The van der Waals surface area contributed by atoms with Crippen molar-refractivity contribution in [2.45, 2.75) is 31.6 Å². The summed E-state index contributed by atoms with van der Waals surface area (Å²) in [5, 5.41) is 0. The van der Waals surface area contributed by atoms with Crippen molar-refractivity contribution in [3.63, 3.8) is 0 Å². The van der Waals surface area contributed by atoms with Crippen LogP contribution in [-0.2, 0) is 5.41 Å². The summed E-state index contributed by atoms with van der Waals surface area (Å²) < 4.78 is 26.7. The van der Waals surface area contributed by atoms with Crippen molar-refractivity contribution in [1.82, 2.24) is 0 Å².